The van der Waals surface area contributed by atoms with Gasteiger partial charge in [-0.05, 0) is 98.6 Å². The van der Waals surface area contributed by atoms with E-state index in [-0.39, 0.29) is 32.9 Å². The highest BCUT2D eigenvalue weighted by molar-refractivity contribution is 7.80. The molecule has 0 fully saturated rings. The summed E-state index contributed by atoms with van der Waals surface area (Å²) in [7, 11) is 0. The van der Waals surface area contributed by atoms with Crippen LogP contribution in [0, 0.1) is 6.92 Å². The van der Waals surface area contributed by atoms with E-state index in [4.69, 9.17) is 55.3 Å². The molecule has 0 saturated carbocycles. The van der Waals surface area contributed by atoms with E-state index in [0.29, 0.717) is 55.6 Å². The van der Waals surface area contributed by atoms with Crippen molar-refractivity contribution in [2.24, 2.45) is 0 Å². The molecule has 1 amide bonds. The van der Waals surface area contributed by atoms with Crippen LogP contribution >= 0.6 is 46.4 Å². The Balaban J connectivity index is 1.29. The lowest BCUT2D eigenvalue weighted by Gasteiger charge is -2.20. The van der Waals surface area contributed by atoms with E-state index < -0.39 is 17.2 Å². The average molecular weight is 849 g/mol. The Morgan fingerprint density at radius 1 is 0.836 bits per heavy atom. The number of unbranched alkanes of at least 4 members (excludes halogenated alkanes) is 7. The van der Waals surface area contributed by atoms with Gasteiger partial charge in [0.15, 0.2) is 6.10 Å². The lowest BCUT2D eigenvalue weighted by molar-refractivity contribution is -0.123. The minimum absolute atomic E-state index is 0.0737. The molecule has 1 aromatic heterocycles. The number of hydrogen-bond donors (Lipinski definition) is 4. The summed E-state index contributed by atoms with van der Waals surface area (Å²) >= 11 is 23.6. The Labute approximate surface area is 342 Å². The molecule has 0 spiro atoms. The van der Waals surface area contributed by atoms with Crippen molar-refractivity contribution in [3.05, 3.63) is 115 Å². The molecule has 4 N–H and O–H groups in total. The van der Waals surface area contributed by atoms with Gasteiger partial charge in [-0.1, -0.05) is 98.3 Å². The number of nitrogens with one attached hydrogen (secondary N) is 3. The van der Waals surface area contributed by atoms with Crippen LogP contribution in [0.3, 0.4) is 0 Å². The third kappa shape index (κ3) is 11.7. The Kier molecular flexibility index (Phi) is 15.4. The van der Waals surface area contributed by atoms with Crippen LogP contribution in [0.1, 0.15) is 70.3 Å². The van der Waals surface area contributed by atoms with Crippen molar-refractivity contribution in [3.8, 4) is 22.9 Å². The van der Waals surface area contributed by atoms with Crippen molar-refractivity contribution in [3.63, 3.8) is 0 Å². The minimum atomic E-state index is -1.81. The molecule has 5 aromatic rings. The molecule has 0 aliphatic heterocycles. The molecule has 2 atom stereocenters. The van der Waals surface area contributed by atoms with Gasteiger partial charge in [-0.25, -0.2) is 8.89 Å². The number of phenolic OH excluding ortho intramolecular Hbond substituents is 1. The first kappa shape index (κ1) is 42.0. The summed E-state index contributed by atoms with van der Waals surface area (Å²) in [5.74, 6) is 0.820. The molecule has 1 heterocycles. The number of H-pyrrole nitrogens is 1. The Hall–Kier alpha value is -4.13. The molecule has 2 unspecified atom stereocenters. The summed E-state index contributed by atoms with van der Waals surface area (Å²) in [6.07, 6.45) is 8.48. The molecule has 0 radical (unpaired) electrons. The van der Waals surface area contributed by atoms with Gasteiger partial charge in [0, 0.05) is 10.7 Å². The first-order valence-corrected chi connectivity index (χ1v) is 20.5. The Morgan fingerprint density at radius 2 is 1.45 bits per heavy atom. The highest BCUT2D eigenvalue weighted by atomic mass is 35.5. The second-order valence-electron chi connectivity index (χ2n) is 12.9. The number of anilines is 3. The third-order valence-corrected chi connectivity index (χ3v) is 10.9. The van der Waals surface area contributed by atoms with E-state index in [2.05, 4.69) is 22.7 Å². The van der Waals surface area contributed by atoms with Crippen LogP contribution in [-0.2, 0) is 15.9 Å². The van der Waals surface area contributed by atoms with Crippen molar-refractivity contribution >= 4 is 80.6 Å². The maximum atomic E-state index is 13.8. The summed E-state index contributed by atoms with van der Waals surface area (Å²) in [6, 6.07) is 20.4. The minimum Gasteiger partial charge on any atom is -0.508 e. The van der Waals surface area contributed by atoms with Crippen molar-refractivity contribution in [2.75, 3.05) is 10.6 Å². The van der Waals surface area contributed by atoms with Gasteiger partial charge in [-0.2, -0.15) is 0 Å². The maximum absolute atomic E-state index is 13.8. The number of benzene rings is 4. The normalized spacial score (nSPS) is 12.3. The van der Waals surface area contributed by atoms with E-state index in [1.165, 1.54) is 66.8 Å². The van der Waals surface area contributed by atoms with Crippen LogP contribution in [0.2, 0.25) is 20.1 Å². The van der Waals surface area contributed by atoms with E-state index in [9.17, 15) is 18.9 Å². The fourth-order valence-electron chi connectivity index (χ4n) is 5.74. The van der Waals surface area contributed by atoms with E-state index in [1.54, 1.807) is 49.4 Å². The van der Waals surface area contributed by atoms with Crippen LogP contribution in [-0.4, -0.2) is 31.1 Å². The number of phenols is 1. The van der Waals surface area contributed by atoms with Gasteiger partial charge in [0.25, 0.3) is 11.5 Å². The van der Waals surface area contributed by atoms with Gasteiger partial charge in [-0.15, -0.1) is 0 Å². The fourth-order valence-corrected chi connectivity index (χ4v) is 7.63. The number of aromatic hydroxyl groups is 1. The molecule has 0 saturated heterocycles. The zero-order chi connectivity index (χ0) is 39.5. The van der Waals surface area contributed by atoms with Crippen molar-refractivity contribution in [1.29, 1.82) is 0 Å². The maximum Gasteiger partial charge on any atom is 0.276 e. The number of ether oxygens (including phenoxy) is 1. The number of aromatic amines is 1. The van der Waals surface area contributed by atoms with Gasteiger partial charge in [0.05, 0.1) is 31.2 Å². The molecule has 10 nitrogen and oxygen atoms in total. The third-order valence-electron chi connectivity index (χ3n) is 8.74. The molecule has 0 aliphatic rings. The molecule has 292 valence electrons. The number of carbonyl (C=O) groups is 1. The van der Waals surface area contributed by atoms with Gasteiger partial charge < -0.3 is 24.7 Å². The highest BCUT2D eigenvalue weighted by Crippen LogP contribution is 2.33. The first-order valence-electron chi connectivity index (χ1n) is 17.9. The monoisotopic (exact) mass is 846 g/mol. The van der Waals surface area contributed by atoms with Crippen LogP contribution in [0.4, 0.5) is 17.2 Å². The Bertz CT molecular complexity index is 2140. The van der Waals surface area contributed by atoms with E-state index in [0.717, 1.165) is 25.7 Å². The zero-order valence-electron chi connectivity index (χ0n) is 30.3. The van der Waals surface area contributed by atoms with Crippen LogP contribution in [0.15, 0.2) is 88.6 Å². The second-order valence-corrected chi connectivity index (χ2v) is 15.7. The topological polar surface area (TPSA) is 135 Å². The highest BCUT2D eigenvalue weighted by Gasteiger charge is 2.22. The fraction of sp³-hybridized carbons (Fsp3) is 0.300. The predicted octanol–water partition coefficient (Wildman–Crippen LogP) is 11.6. The van der Waals surface area contributed by atoms with Crippen LogP contribution in [0.5, 0.6) is 17.2 Å². The van der Waals surface area contributed by atoms with E-state index >= 15 is 0 Å². The van der Waals surface area contributed by atoms with Crippen molar-refractivity contribution in [1.82, 2.24) is 9.78 Å². The Morgan fingerprint density at radius 3 is 2.11 bits per heavy atom. The lowest BCUT2D eigenvalue weighted by atomic mass is 10.1. The molecule has 0 aliphatic carbocycles. The number of halogens is 4. The molecule has 0 bridgehead atoms. The summed E-state index contributed by atoms with van der Waals surface area (Å²) in [6.45, 7) is 3.83. The van der Waals surface area contributed by atoms with E-state index in [1.807, 2.05) is 0 Å². The number of carbonyl (C=O) groups excluding carboxylic acids is 1. The summed E-state index contributed by atoms with van der Waals surface area (Å²) in [5.41, 5.74) is 1.06. The van der Waals surface area contributed by atoms with Gasteiger partial charge in [0.1, 0.15) is 28.8 Å². The summed E-state index contributed by atoms with van der Waals surface area (Å²) in [5, 5.41) is 19.6. The van der Waals surface area contributed by atoms with Crippen molar-refractivity contribution in [2.45, 2.75) is 82.6 Å². The number of hydrogen-bond acceptors (Lipinski definition) is 7. The largest absolute Gasteiger partial charge is 0.508 e. The van der Waals surface area contributed by atoms with Crippen molar-refractivity contribution < 1.29 is 23.0 Å². The quantitative estimate of drug-likeness (QED) is 0.0608. The molecule has 4 aromatic carbocycles. The first-order chi connectivity index (χ1) is 26.4. The molecule has 15 heteroatoms. The lowest BCUT2D eigenvalue weighted by Crippen LogP contribution is -2.33. The molecule has 5 rings (SSSR count). The SMILES string of the molecule is CCCCCCCCCCC(Oc1ccc(S(=O)Oc2ccc(O)cc2)cc1)C(=O)Nc1ccc(Cl)c(Nc2[nH]n(-c3c(Cl)cc(Cl)cc3Cl)c(=O)c2C)c1. The summed E-state index contributed by atoms with van der Waals surface area (Å²) < 4.78 is 25.8. The predicted molar refractivity (Wildman–Crippen MR) is 223 cm³/mol. The number of rotatable bonds is 19. The molecular weight excluding hydrogens is 806 g/mol. The molecular formula is C40H42Cl4N4O6S. The van der Waals surface area contributed by atoms with Gasteiger partial charge in [-0.3, -0.25) is 14.7 Å². The standard InChI is InChI=1S/C40H42Cl4N4O6S/c1-3-4-5-6-7-8-9-10-11-36(53-29-17-19-31(20-18-29)55(52)54-30-15-13-28(49)14-16-30)39(50)45-27-12-21-32(42)35(24-27)46-38-25(2)40(51)48(47-38)37-33(43)22-26(41)23-34(37)44/h12-24,36,46-47,49H,3-11H2,1-2H3,(H,45,50). The van der Waals surface area contributed by atoms with Crippen LogP contribution in [0.25, 0.3) is 5.69 Å². The van der Waals surface area contributed by atoms with Gasteiger partial charge in [0.2, 0.25) is 11.1 Å². The average Bonchev–Trinajstić information content (AvgIpc) is 3.42. The number of nitrogens with zero attached hydrogens (tertiary/aromatic N) is 1. The van der Waals surface area contributed by atoms with Crippen LogP contribution < -0.4 is 25.1 Å². The summed E-state index contributed by atoms with van der Waals surface area (Å²) in [4.78, 5) is 27.4. The zero-order valence-corrected chi connectivity index (χ0v) is 34.1. The van der Waals surface area contributed by atoms with Gasteiger partial charge >= 0.3 is 0 Å². The number of aromatic nitrogens is 2. The molecule has 55 heavy (non-hydrogen) atoms. The smallest absolute Gasteiger partial charge is 0.276 e. The number of amides is 1. The second kappa shape index (κ2) is 20.2.